The molecule has 0 aromatic heterocycles. The van der Waals surface area contributed by atoms with Gasteiger partial charge in [-0.25, -0.2) is 0 Å². The van der Waals surface area contributed by atoms with E-state index in [0.717, 1.165) is 23.2 Å². The Morgan fingerprint density at radius 1 is 1.23 bits per heavy atom. The molecule has 0 spiro atoms. The lowest BCUT2D eigenvalue weighted by Crippen LogP contribution is -2.41. The van der Waals surface area contributed by atoms with Crippen LogP contribution in [0.25, 0.3) is 0 Å². The highest BCUT2D eigenvalue weighted by Gasteiger charge is 2.52. The van der Waals surface area contributed by atoms with Crippen molar-refractivity contribution >= 4 is 12.6 Å². The standard InChI is InChI=1S/C18H27BO3/c1-8-9-14(3)20-16-11-10-13(2)12-15(16)19-21-17(4,5)18(6,7)22-19/h8,10-12,14H,1,9H2,2-7H3/t14-/m0/s1. The van der Waals surface area contributed by atoms with Crippen molar-refractivity contribution in [1.82, 2.24) is 0 Å². The zero-order chi connectivity index (χ0) is 16.5. The molecule has 22 heavy (non-hydrogen) atoms. The highest BCUT2D eigenvalue weighted by molar-refractivity contribution is 6.63. The maximum Gasteiger partial charge on any atom is 0.498 e. The maximum atomic E-state index is 6.16. The smallest absolute Gasteiger partial charge is 0.491 e. The van der Waals surface area contributed by atoms with Gasteiger partial charge in [0.1, 0.15) is 5.75 Å². The van der Waals surface area contributed by atoms with Gasteiger partial charge in [-0.1, -0.05) is 23.8 Å². The number of hydrogen-bond donors (Lipinski definition) is 0. The molecule has 0 bridgehead atoms. The average molecular weight is 302 g/mol. The third-order valence-electron chi connectivity index (χ3n) is 4.50. The van der Waals surface area contributed by atoms with E-state index in [2.05, 4.69) is 47.3 Å². The Morgan fingerprint density at radius 3 is 2.36 bits per heavy atom. The van der Waals surface area contributed by atoms with Crippen LogP contribution in [-0.4, -0.2) is 24.4 Å². The first-order chi connectivity index (χ1) is 10.2. The zero-order valence-corrected chi connectivity index (χ0v) is 14.6. The predicted octanol–water partition coefficient (Wildman–Crippen LogP) is 3.64. The van der Waals surface area contributed by atoms with E-state index >= 15 is 0 Å². The number of hydrogen-bond acceptors (Lipinski definition) is 3. The second kappa shape index (κ2) is 6.09. The van der Waals surface area contributed by atoms with Crippen LogP contribution in [0.3, 0.4) is 0 Å². The van der Waals surface area contributed by atoms with Gasteiger partial charge in [0.25, 0.3) is 0 Å². The van der Waals surface area contributed by atoms with Crippen molar-refractivity contribution in [2.45, 2.75) is 65.3 Å². The van der Waals surface area contributed by atoms with E-state index in [1.54, 1.807) is 0 Å². The molecule has 1 fully saturated rings. The van der Waals surface area contributed by atoms with Gasteiger partial charge in [0.2, 0.25) is 0 Å². The summed E-state index contributed by atoms with van der Waals surface area (Å²) in [6.07, 6.45) is 2.74. The molecule has 4 heteroatoms. The van der Waals surface area contributed by atoms with Gasteiger partial charge in [-0.05, 0) is 47.6 Å². The monoisotopic (exact) mass is 302 g/mol. The lowest BCUT2D eigenvalue weighted by atomic mass is 9.77. The lowest BCUT2D eigenvalue weighted by molar-refractivity contribution is 0.00578. The fourth-order valence-electron chi connectivity index (χ4n) is 2.43. The van der Waals surface area contributed by atoms with Gasteiger partial charge in [-0.2, -0.15) is 0 Å². The Kier molecular flexibility index (Phi) is 4.74. The van der Waals surface area contributed by atoms with E-state index in [0.29, 0.717) is 0 Å². The van der Waals surface area contributed by atoms with Crippen LogP contribution in [0.15, 0.2) is 30.9 Å². The molecule has 0 saturated carbocycles. The summed E-state index contributed by atoms with van der Waals surface area (Å²) in [6.45, 7) is 16.1. The minimum atomic E-state index is -0.407. The molecule has 0 N–H and O–H groups in total. The lowest BCUT2D eigenvalue weighted by Gasteiger charge is -2.32. The van der Waals surface area contributed by atoms with Crippen LogP contribution in [0.1, 0.15) is 46.6 Å². The van der Waals surface area contributed by atoms with Crippen LogP contribution >= 0.6 is 0 Å². The van der Waals surface area contributed by atoms with E-state index in [1.807, 2.05) is 25.1 Å². The second-order valence-electron chi connectivity index (χ2n) is 7.08. The summed E-state index contributed by atoms with van der Waals surface area (Å²) < 4.78 is 18.4. The van der Waals surface area contributed by atoms with Gasteiger partial charge in [-0.3, -0.25) is 0 Å². The van der Waals surface area contributed by atoms with Gasteiger partial charge in [-0.15, -0.1) is 6.58 Å². The zero-order valence-electron chi connectivity index (χ0n) is 14.6. The van der Waals surface area contributed by atoms with Gasteiger partial charge in [0, 0.05) is 11.9 Å². The number of rotatable bonds is 5. The first-order valence-electron chi connectivity index (χ1n) is 7.90. The summed E-state index contributed by atoms with van der Waals surface area (Å²) in [5.41, 5.74) is 1.40. The molecule has 0 aliphatic carbocycles. The molecule has 1 aromatic rings. The Bertz CT molecular complexity index is 535. The van der Waals surface area contributed by atoms with Crippen molar-refractivity contribution in [2.75, 3.05) is 0 Å². The van der Waals surface area contributed by atoms with Gasteiger partial charge in [0.05, 0.1) is 17.3 Å². The van der Waals surface area contributed by atoms with E-state index in [9.17, 15) is 0 Å². The Morgan fingerprint density at radius 2 is 1.82 bits per heavy atom. The van der Waals surface area contributed by atoms with Crippen LogP contribution in [0.4, 0.5) is 0 Å². The topological polar surface area (TPSA) is 27.7 Å². The molecule has 1 atom stereocenters. The molecule has 0 unspecified atom stereocenters. The first kappa shape index (κ1) is 17.1. The Hall–Kier alpha value is -1.26. The first-order valence-corrected chi connectivity index (χ1v) is 7.90. The molecule has 1 aliphatic rings. The van der Waals surface area contributed by atoms with Crippen LogP contribution in [-0.2, 0) is 9.31 Å². The van der Waals surface area contributed by atoms with Crippen molar-refractivity contribution in [3.05, 3.63) is 36.4 Å². The molecule has 0 radical (unpaired) electrons. The fraction of sp³-hybridized carbons (Fsp3) is 0.556. The molecule has 120 valence electrons. The number of benzene rings is 1. The van der Waals surface area contributed by atoms with E-state index < -0.39 is 7.12 Å². The van der Waals surface area contributed by atoms with Crippen LogP contribution in [0.5, 0.6) is 5.75 Å². The molecule has 0 amide bonds. The summed E-state index contributed by atoms with van der Waals surface area (Å²) in [6, 6.07) is 6.12. The minimum Gasteiger partial charge on any atom is -0.491 e. The molecule has 1 aromatic carbocycles. The van der Waals surface area contributed by atoms with Crippen molar-refractivity contribution < 1.29 is 14.0 Å². The molecule has 2 rings (SSSR count). The minimum absolute atomic E-state index is 0.0707. The van der Waals surface area contributed by atoms with Crippen molar-refractivity contribution in [3.8, 4) is 5.75 Å². The molecule has 1 heterocycles. The van der Waals surface area contributed by atoms with Crippen molar-refractivity contribution in [1.29, 1.82) is 0 Å². The largest absolute Gasteiger partial charge is 0.498 e. The number of aryl methyl sites for hydroxylation is 1. The normalized spacial score (nSPS) is 20.7. The van der Waals surface area contributed by atoms with Gasteiger partial charge < -0.3 is 14.0 Å². The molecular weight excluding hydrogens is 275 g/mol. The summed E-state index contributed by atoms with van der Waals surface area (Å²) in [4.78, 5) is 0. The molecular formula is C18H27BO3. The van der Waals surface area contributed by atoms with Crippen molar-refractivity contribution in [2.24, 2.45) is 0 Å². The summed E-state index contributed by atoms with van der Waals surface area (Å²) in [5.74, 6) is 0.818. The molecule has 1 aliphatic heterocycles. The predicted molar refractivity (Wildman–Crippen MR) is 91.8 cm³/mol. The summed E-state index contributed by atoms with van der Waals surface area (Å²) in [7, 11) is -0.407. The third kappa shape index (κ3) is 3.39. The van der Waals surface area contributed by atoms with E-state index in [-0.39, 0.29) is 17.3 Å². The number of ether oxygens (including phenoxy) is 1. The highest BCUT2D eigenvalue weighted by atomic mass is 16.7. The summed E-state index contributed by atoms with van der Waals surface area (Å²) >= 11 is 0. The van der Waals surface area contributed by atoms with Crippen molar-refractivity contribution in [3.63, 3.8) is 0 Å². The van der Waals surface area contributed by atoms with E-state index in [4.69, 9.17) is 14.0 Å². The van der Waals surface area contributed by atoms with Crippen LogP contribution < -0.4 is 10.2 Å². The van der Waals surface area contributed by atoms with Crippen LogP contribution in [0, 0.1) is 6.92 Å². The van der Waals surface area contributed by atoms with E-state index in [1.165, 1.54) is 0 Å². The quantitative estimate of drug-likeness (QED) is 0.614. The highest BCUT2D eigenvalue weighted by Crippen LogP contribution is 2.37. The maximum absolute atomic E-state index is 6.16. The SMILES string of the molecule is C=CC[C@H](C)Oc1ccc(C)cc1B1OC(C)(C)C(C)(C)O1. The second-order valence-corrected chi connectivity index (χ2v) is 7.08. The summed E-state index contributed by atoms with van der Waals surface area (Å²) in [5, 5.41) is 0. The molecule has 3 nitrogen and oxygen atoms in total. The van der Waals surface area contributed by atoms with Crippen LogP contribution in [0.2, 0.25) is 0 Å². The Labute approximate surface area is 134 Å². The molecule has 1 saturated heterocycles. The van der Waals surface area contributed by atoms with Gasteiger partial charge in [0.15, 0.2) is 0 Å². The van der Waals surface area contributed by atoms with Gasteiger partial charge >= 0.3 is 7.12 Å². The fourth-order valence-corrected chi connectivity index (χ4v) is 2.43. The average Bonchev–Trinajstić information content (AvgIpc) is 2.61. The third-order valence-corrected chi connectivity index (χ3v) is 4.50. The Balaban J connectivity index is 2.31.